The smallest absolute Gasteiger partial charge is 0.0322 e. The maximum Gasteiger partial charge on any atom is -0.0322 e. The van der Waals surface area contributed by atoms with E-state index in [-0.39, 0.29) is 0 Å². The third-order valence-corrected chi connectivity index (χ3v) is 3.21. The van der Waals surface area contributed by atoms with Crippen LogP contribution in [0.4, 0.5) is 0 Å². The molecule has 0 aliphatic rings. The normalized spacial score (nSPS) is 14.2. The Kier molecular flexibility index (Phi) is 13.7. The van der Waals surface area contributed by atoms with E-state index in [1.807, 2.05) is 0 Å². The zero-order chi connectivity index (χ0) is 13.5. The minimum Gasteiger partial charge on any atom is -0.0917 e. The fourth-order valence-corrected chi connectivity index (χ4v) is 2.07. The van der Waals surface area contributed by atoms with Crippen LogP contribution in [0.5, 0.6) is 0 Å². The monoisotopic (exact) mass is 248 g/mol. The van der Waals surface area contributed by atoms with E-state index in [1.54, 1.807) is 0 Å². The second-order valence-corrected chi connectivity index (χ2v) is 4.97. The molecule has 0 heteroatoms. The molecule has 0 saturated heterocycles. The number of rotatable bonds is 11. The molecule has 0 fully saturated rings. The van der Waals surface area contributed by atoms with Crippen molar-refractivity contribution in [3.8, 4) is 0 Å². The van der Waals surface area contributed by atoms with Gasteiger partial charge >= 0.3 is 0 Å². The lowest BCUT2D eigenvalue weighted by Gasteiger charge is -2.12. The fraction of sp³-hybridized carbons (Fsp3) is 0.667. The van der Waals surface area contributed by atoms with Gasteiger partial charge in [0.25, 0.3) is 0 Å². The van der Waals surface area contributed by atoms with Crippen LogP contribution in [0.25, 0.3) is 0 Å². The van der Waals surface area contributed by atoms with Gasteiger partial charge in [0, 0.05) is 0 Å². The topological polar surface area (TPSA) is 0 Å². The molecule has 18 heavy (non-hydrogen) atoms. The Bertz CT molecular complexity index is 232. The molecule has 0 aromatic heterocycles. The zero-order valence-corrected chi connectivity index (χ0v) is 12.7. The molecule has 0 nitrogen and oxygen atoms in total. The Balaban J connectivity index is 3.94. The largest absolute Gasteiger partial charge is 0.0917 e. The first-order chi connectivity index (χ1) is 8.85. The number of hydrogen-bond donors (Lipinski definition) is 0. The maximum absolute atomic E-state index is 2.40. The van der Waals surface area contributed by atoms with Crippen molar-refractivity contribution < 1.29 is 0 Å². The van der Waals surface area contributed by atoms with Crippen molar-refractivity contribution in [1.29, 1.82) is 0 Å². The van der Waals surface area contributed by atoms with Gasteiger partial charge in [0.15, 0.2) is 0 Å². The van der Waals surface area contributed by atoms with Gasteiger partial charge in [0.2, 0.25) is 0 Å². The summed E-state index contributed by atoms with van der Waals surface area (Å²) in [7, 11) is 0. The summed E-state index contributed by atoms with van der Waals surface area (Å²) in [5.41, 5.74) is 0. The summed E-state index contributed by atoms with van der Waals surface area (Å²) in [6.45, 7) is 6.55. The minimum atomic E-state index is 0.857. The molecule has 0 aromatic rings. The Labute approximate surface area is 115 Å². The first-order valence-corrected chi connectivity index (χ1v) is 7.76. The lowest BCUT2D eigenvalue weighted by molar-refractivity contribution is 0.463. The SMILES string of the molecule is CC=CCCC(CC=CCCC)CCC=CCC. The summed E-state index contributed by atoms with van der Waals surface area (Å²) in [6, 6.07) is 0. The van der Waals surface area contributed by atoms with Crippen molar-refractivity contribution in [3.63, 3.8) is 0 Å². The zero-order valence-electron chi connectivity index (χ0n) is 12.7. The van der Waals surface area contributed by atoms with Crippen LogP contribution >= 0.6 is 0 Å². The minimum absolute atomic E-state index is 0.857. The summed E-state index contributed by atoms with van der Waals surface area (Å²) >= 11 is 0. The molecule has 0 spiro atoms. The van der Waals surface area contributed by atoms with E-state index in [2.05, 4.69) is 57.2 Å². The van der Waals surface area contributed by atoms with E-state index in [4.69, 9.17) is 0 Å². The first kappa shape index (κ1) is 17.2. The molecule has 0 aliphatic heterocycles. The highest BCUT2D eigenvalue weighted by molar-refractivity contribution is 4.87. The first-order valence-electron chi connectivity index (χ1n) is 7.76. The molecule has 104 valence electrons. The van der Waals surface area contributed by atoms with Crippen LogP contribution in [0.2, 0.25) is 0 Å². The van der Waals surface area contributed by atoms with Gasteiger partial charge < -0.3 is 0 Å². The van der Waals surface area contributed by atoms with Gasteiger partial charge in [-0.15, -0.1) is 0 Å². The Morgan fingerprint density at radius 1 is 0.778 bits per heavy atom. The summed E-state index contributed by atoms with van der Waals surface area (Å²) in [5.74, 6) is 0.857. The number of hydrogen-bond acceptors (Lipinski definition) is 0. The van der Waals surface area contributed by atoms with E-state index in [9.17, 15) is 0 Å². The summed E-state index contributed by atoms with van der Waals surface area (Å²) < 4.78 is 0. The molecule has 0 aliphatic carbocycles. The van der Waals surface area contributed by atoms with Crippen LogP contribution in [0.3, 0.4) is 0 Å². The molecule has 0 radical (unpaired) electrons. The van der Waals surface area contributed by atoms with Crippen molar-refractivity contribution in [2.24, 2.45) is 5.92 Å². The van der Waals surface area contributed by atoms with Gasteiger partial charge in [-0.1, -0.05) is 56.7 Å². The number of allylic oxidation sites excluding steroid dienone is 6. The van der Waals surface area contributed by atoms with Gasteiger partial charge in [-0.25, -0.2) is 0 Å². The molecular formula is C18H32. The summed E-state index contributed by atoms with van der Waals surface area (Å²) in [4.78, 5) is 0. The Morgan fingerprint density at radius 3 is 2.06 bits per heavy atom. The summed E-state index contributed by atoms with van der Waals surface area (Å²) in [5, 5.41) is 0. The van der Waals surface area contributed by atoms with Gasteiger partial charge in [-0.2, -0.15) is 0 Å². The lowest BCUT2D eigenvalue weighted by atomic mass is 9.93. The van der Waals surface area contributed by atoms with E-state index in [0.29, 0.717) is 0 Å². The molecule has 0 bridgehead atoms. The number of unbranched alkanes of at least 4 members (excludes halogenated alkanes) is 1. The van der Waals surface area contributed by atoms with Gasteiger partial charge in [0.05, 0.1) is 0 Å². The Hall–Kier alpha value is -0.780. The van der Waals surface area contributed by atoms with Gasteiger partial charge in [-0.05, 0) is 57.8 Å². The van der Waals surface area contributed by atoms with Crippen molar-refractivity contribution in [1.82, 2.24) is 0 Å². The van der Waals surface area contributed by atoms with Crippen LogP contribution in [0.1, 0.15) is 72.1 Å². The Morgan fingerprint density at radius 2 is 1.44 bits per heavy atom. The average Bonchev–Trinajstić information content (AvgIpc) is 2.39. The lowest BCUT2D eigenvalue weighted by Crippen LogP contribution is -1.98. The van der Waals surface area contributed by atoms with Crippen LogP contribution in [0, 0.1) is 5.92 Å². The van der Waals surface area contributed by atoms with Crippen molar-refractivity contribution >= 4 is 0 Å². The van der Waals surface area contributed by atoms with Crippen molar-refractivity contribution in [3.05, 3.63) is 36.5 Å². The second kappa shape index (κ2) is 14.3. The quantitative estimate of drug-likeness (QED) is 0.368. The van der Waals surface area contributed by atoms with E-state index in [0.717, 1.165) is 5.92 Å². The molecule has 0 heterocycles. The third kappa shape index (κ3) is 11.7. The molecule has 1 atom stereocenters. The van der Waals surface area contributed by atoms with Crippen molar-refractivity contribution in [2.75, 3.05) is 0 Å². The molecular weight excluding hydrogens is 216 g/mol. The third-order valence-electron chi connectivity index (χ3n) is 3.21. The van der Waals surface area contributed by atoms with E-state index >= 15 is 0 Å². The van der Waals surface area contributed by atoms with Crippen LogP contribution in [0.15, 0.2) is 36.5 Å². The maximum atomic E-state index is 2.40. The molecule has 1 unspecified atom stereocenters. The van der Waals surface area contributed by atoms with E-state index < -0.39 is 0 Å². The molecule has 0 N–H and O–H groups in total. The molecule has 0 aromatic carbocycles. The highest BCUT2D eigenvalue weighted by Crippen LogP contribution is 2.19. The van der Waals surface area contributed by atoms with Gasteiger partial charge in [-0.3, -0.25) is 0 Å². The van der Waals surface area contributed by atoms with Crippen LogP contribution in [-0.4, -0.2) is 0 Å². The van der Waals surface area contributed by atoms with Crippen LogP contribution in [-0.2, 0) is 0 Å². The standard InChI is InChI=1S/C18H32/c1-4-7-10-13-16-18(15-12-9-6-3)17-14-11-8-5-2/h6-7,9-11,14,18H,4-5,8,12-13,15-17H2,1-3H3. The van der Waals surface area contributed by atoms with Crippen molar-refractivity contribution in [2.45, 2.75) is 72.1 Å². The predicted molar refractivity (Wildman–Crippen MR) is 84.9 cm³/mol. The molecule has 0 rings (SSSR count). The second-order valence-electron chi connectivity index (χ2n) is 4.97. The molecule has 0 saturated carbocycles. The fourth-order valence-electron chi connectivity index (χ4n) is 2.07. The van der Waals surface area contributed by atoms with Gasteiger partial charge in [0.1, 0.15) is 0 Å². The highest BCUT2D eigenvalue weighted by atomic mass is 14.1. The summed E-state index contributed by atoms with van der Waals surface area (Å²) in [6.07, 6.45) is 23.9. The average molecular weight is 248 g/mol. The predicted octanol–water partition coefficient (Wildman–Crippen LogP) is 6.45. The van der Waals surface area contributed by atoms with E-state index in [1.165, 1.54) is 51.4 Å². The van der Waals surface area contributed by atoms with Crippen LogP contribution < -0.4 is 0 Å². The highest BCUT2D eigenvalue weighted by Gasteiger charge is 2.04. The molecule has 0 amide bonds.